The number of benzene rings is 2. The van der Waals surface area contributed by atoms with Crippen molar-refractivity contribution in [2.75, 3.05) is 31.1 Å². The molecule has 174 valence electrons. The average Bonchev–Trinajstić information content (AvgIpc) is 2.78. The van der Waals surface area contributed by atoms with Gasteiger partial charge in [0.05, 0.1) is 6.42 Å². The average molecular weight is 447 g/mol. The molecular weight excluding hydrogens is 413 g/mol. The highest BCUT2D eigenvalue weighted by Gasteiger charge is 2.30. The molecule has 2 aromatic carbocycles. The summed E-state index contributed by atoms with van der Waals surface area (Å²) in [6.07, 6.45) is -0.891. The van der Waals surface area contributed by atoms with Crippen LogP contribution >= 0.6 is 0 Å². The number of nitrogens with zero attached hydrogens (tertiary/aromatic N) is 2. The molecule has 0 unspecified atom stereocenters. The summed E-state index contributed by atoms with van der Waals surface area (Å²) in [6.45, 7) is 6.97. The summed E-state index contributed by atoms with van der Waals surface area (Å²) in [4.78, 5) is 4.30. The molecule has 1 aliphatic heterocycles. The molecule has 0 aliphatic carbocycles. The number of halogens is 3. The van der Waals surface area contributed by atoms with Crippen molar-refractivity contribution < 1.29 is 17.9 Å². The Kier molecular flexibility index (Phi) is 8.62. The molecule has 0 amide bonds. The summed E-state index contributed by atoms with van der Waals surface area (Å²) < 4.78 is 43.5. The quantitative estimate of drug-likeness (QED) is 0.412. The van der Waals surface area contributed by atoms with Gasteiger partial charge in [0.25, 0.3) is 0 Å². The third-order valence-electron chi connectivity index (χ3n) is 5.82. The van der Waals surface area contributed by atoms with Crippen LogP contribution in [0.25, 0.3) is 0 Å². The second kappa shape index (κ2) is 11.4. The van der Waals surface area contributed by atoms with Crippen molar-refractivity contribution in [2.45, 2.75) is 51.9 Å². The number of ether oxygens (including phenoxy) is 1. The zero-order valence-electron chi connectivity index (χ0n) is 18.9. The van der Waals surface area contributed by atoms with Crippen LogP contribution in [0.3, 0.4) is 0 Å². The Labute approximate surface area is 189 Å². The summed E-state index contributed by atoms with van der Waals surface area (Å²) >= 11 is 0. The molecule has 2 aromatic rings. The number of rotatable bonds is 9. The summed E-state index contributed by atoms with van der Waals surface area (Å²) in [6, 6.07) is 18.5. The maximum atomic E-state index is 12.5. The van der Waals surface area contributed by atoms with Crippen molar-refractivity contribution in [3.8, 4) is 5.75 Å². The van der Waals surface area contributed by atoms with Crippen molar-refractivity contribution in [1.29, 1.82) is 0 Å². The van der Waals surface area contributed by atoms with E-state index in [2.05, 4.69) is 37.0 Å². The van der Waals surface area contributed by atoms with Gasteiger partial charge in [-0.15, -0.1) is 0 Å². The second-order valence-corrected chi connectivity index (χ2v) is 8.64. The van der Waals surface area contributed by atoms with Gasteiger partial charge in [-0.2, -0.15) is 13.2 Å². The van der Waals surface area contributed by atoms with Crippen molar-refractivity contribution in [3.63, 3.8) is 0 Å². The van der Waals surface area contributed by atoms with Crippen molar-refractivity contribution in [3.05, 3.63) is 71.8 Å². The summed E-state index contributed by atoms with van der Waals surface area (Å²) in [7, 11) is 0. The molecule has 0 bridgehead atoms. The van der Waals surface area contributed by atoms with E-state index < -0.39 is 12.6 Å². The van der Waals surface area contributed by atoms with Crippen LogP contribution in [-0.4, -0.2) is 43.3 Å². The molecule has 1 saturated heterocycles. The molecule has 6 heteroatoms. The minimum atomic E-state index is -4.09. The smallest absolute Gasteiger partial charge is 0.390 e. The van der Waals surface area contributed by atoms with Gasteiger partial charge in [-0.1, -0.05) is 42.0 Å². The van der Waals surface area contributed by atoms with Crippen LogP contribution < -0.4 is 9.64 Å². The second-order valence-electron chi connectivity index (χ2n) is 8.64. The first-order chi connectivity index (χ1) is 15.3. The van der Waals surface area contributed by atoms with E-state index in [1.54, 1.807) is 0 Å². The van der Waals surface area contributed by atoms with Crippen molar-refractivity contribution in [2.24, 2.45) is 0 Å². The standard InChI is InChI=1S/C26H33F3N2O/c1-21(2)12-18-31(24-13-16-30(17-14-24)19-15-26(27,28)29)23-8-10-25(11-9-23)32-20-22-6-4-3-5-7-22/h3-12,24H,13-20H2,1-2H3. The number of anilines is 1. The molecule has 3 nitrogen and oxygen atoms in total. The summed E-state index contributed by atoms with van der Waals surface area (Å²) in [5.74, 6) is 0.821. The molecule has 3 rings (SSSR count). The van der Waals surface area contributed by atoms with Gasteiger partial charge in [-0.3, -0.25) is 0 Å². The Morgan fingerprint density at radius 1 is 1.03 bits per heavy atom. The maximum Gasteiger partial charge on any atom is 0.390 e. The van der Waals surface area contributed by atoms with E-state index >= 15 is 0 Å². The first kappa shape index (κ1) is 24.2. The Morgan fingerprint density at radius 3 is 2.28 bits per heavy atom. The summed E-state index contributed by atoms with van der Waals surface area (Å²) in [5, 5.41) is 0. The van der Waals surface area contributed by atoms with E-state index in [1.807, 2.05) is 47.4 Å². The molecular formula is C26H33F3N2O. The zero-order valence-corrected chi connectivity index (χ0v) is 18.9. The van der Waals surface area contributed by atoms with Gasteiger partial charge in [0, 0.05) is 37.9 Å². The van der Waals surface area contributed by atoms with Crippen LogP contribution in [0.5, 0.6) is 5.75 Å². The lowest BCUT2D eigenvalue weighted by Gasteiger charge is -2.39. The number of piperidine rings is 1. The van der Waals surface area contributed by atoms with E-state index in [-0.39, 0.29) is 6.54 Å². The molecule has 0 spiro atoms. The highest BCUT2D eigenvalue weighted by Crippen LogP contribution is 2.27. The lowest BCUT2D eigenvalue weighted by atomic mass is 10.0. The fourth-order valence-electron chi connectivity index (χ4n) is 3.96. The van der Waals surface area contributed by atoms with Crippen molar-refractivity contribution in [1.82, 2.24) is 4.90 Å². The number of allylic oxidation sites excluding steroid dienone is 1. The Balaban J connectivity index is 1.61. The van der Waals surface area contributed by atoms with Crippen LogP contribution in [0.4, 0.5) is 18.9 Å². The van der Waals surface area contributed by atoms with E-state index in [9.17, 15) is 13.2 Å². The van der Waals surface area contributed by atoms with Gasteiger partial charge in [0.1, 0.15) is 12.4 Å². The minimum Gasteiger partial charge on any atom is -0.489 e. The van der Waals surface area contributed by atoms with Gasteiger partial charge in [0.2, 0.25) is 0 Å². The molecule has 1 heterocycles. The van der Waals surface area contributed by atoms with Crippen LogP contribution in [0.15, 0.2) is 66.2 Å². The van der Waals surface area contributed by atoms with Gasteiger partial charge in [-0.25, -0.2) is 0 Å². The molecule has 0 radical (unpaired) electrons. The predicted octanol–water partition coefficient (Wildman–Crippen LogP) is 6.46. The number of likely N-dealkylation sites (tertiary alicyclic amines) is 1. The highest BCUT2D eigenvalue weighted by molar-refractivity contribution is 5.51. The highest BCUT2D eigenvalue weighted by atomic mass is 19.4. The van der Waals surface area contributed by atoms with E-state index in [4.69, 9.17) is 4.74 Å². The first-order valence-corrected chi connectivity index (χ1v) is 11.3. The lowest BCUT2D eigenvalue weighted by molar-refractivity contribution is -0.138. The van der Waals surface area contributed by atoms with E-state index in [1.165, 1.54) is 5.57 Å². The van der Waals surface area contributed by atoms with Gasteiger partial charge >= 0.3 is 6.18 Å². The van der Waals surface area contributed by atoms with Crippen LogP contribution in [0.1, 0.15) is 38.7 Å². The van der Waals surface area contributed by atoms with E-state index in [0.717, 1.165) is 36.4 Å². The normalized spacial score (nSPS) is 15.4. The zero-order chi connectivity index (χ0) is 23.0. The molecule has 0 N–H and O–H groups in total. The maximum absolute atomic E-state index is 12.5. The first-order valence-electron chi connectivity index (χ1n) is 11.3. The molecule has 0 aromatic heterocycles. The van der Waals surface area contributed by atoms with Crippen LogP contribution in [0, 0.1) is 0 Å². The fraction of sp³-hybridized carbons (Fsp3) is 0.462. The van der Waals surface area contributed by atoms with Gasteiger partial charge in [0.15, 0.2) is 0 Å². The Morgan fingerprint density at radius 2 is 1.69 bits per heavy atom. The number of hydrogen-bond donors (Lipinski definition) is 0. The largest absolute Gasteiger partial charge is 0.489 e. The fourth-order valence-corrected chi connectivity index (χ4v) is 3.96. The van der Waals surface area contributed by atoms with E-state index in [0.29, 0.717) is 25.7 Å². The van der Waals surface area contributed by atoms with Gasteiger partial charge < -0.3 is 14.5 Å². The predicted molar refractivity (Wildman–Crippen MR) is 124 cm³/mol. The van der Waals surface area contributed by atoms with Crippen molar-refractivity contribution >= 4 is 5.69 Å². The van der Waals surface area contributed by atoms with Crippen LogP contribution in [-0.2, 0) is 6.61 Å². The molecule has 0 saturated carbocycles. The topological polar surface area (TPSA) is 15.7 Å². The summed E-state index contributed by atoms with van der Waals surface area (Å²) in [5.41, 5.74) is 3.49. The molecule has 32 heavy (non-hydrogen) atoms. The molecule has 1 fully saturated rings. The Bertz CT molecular complexity index is 838. The molecule has 0 atom stereocenters. The third kappa shape index (κ3) is 7.90. The monoisotopic (exact) mass is 446 g/mol. The third-order valence-corrected chi connectivity index (χ3v) is 5.82. The van der Waals surface area contributed by atoms with Crippen LogP contribution in [0.2, 0.25) is 0 Å². The lowest BCUT2D eigenvalue weighted by Crippen LogP contribution is -2.45. The number of hydrogen-bond acceptors (Lipinski definition) is 3. The van der Waals surface area contributed by atoms with Gasteiger partial charge in [-0.05, 0) is 56.5 Å². The SMILES string of the molecule is CC(C)=CCN(c1ccc(OCc2ccccc2)cc1)C1CCN(CCC(F)(F)F)CC1. The number of alkyl halides is 3. The Hall–Kier alpha value is -2.47. The minimum absolute atomic E-state index is 0.0949. The molecule has 1 aliphatic rings.